The smallest absolute Gasteiger partial charge is 0.0670 e. The second-order valence-electron chi connectivity index (χ2n) is 4.98. The van der Waals surface area contributed by atoms with Crippen molar-refractivity contribution in [3.8, 4) is 11.1 Å². The van der Waals surface area contributed by atoms with Crippen molar-refractivity contribution in [1.29, 1.82) is 0 Å². The summed E-state index contributed by atoms with van der Waals surface area (Å²) >= 11 is 0. The molecular formula is C17H13N3. The molecule has 4 rings (SSSR count). The van der Waals surface area contributed by atoms with Crippen molar-refractivity contribution in [3.63, 3.8) is 0 Å². The van der Waals surface area contributed by atoms with E-state index < -0.39 is 0 Å². The fourth-order valence-electron chi connectivity index (χ4n) is 2.71. The van der Waals surface area contributed by atoms with Crippen LogP contribution >= 0.6 is 0 Å². The Labute approximate surface area is 116 Å². The van der Waals surface area contributed by atoms with Crippen molar-refractivity contribution in [2.24, 2.45) is 7.05 Å². The minimum absolute atomic E-state index is 1.15. The first-order chi connectivity index (χ1) is 9.83. The molecule has 0 unspecified atom stereocenters. The second kappa shape index (κ2) is 4.17. The average molecular weight is 259 g/mol. The SMILES string of the molecule is Cn1cc(-c2ccc3ccncc3c2)c2ccncc21. The zero-order chi connectivity index (χ0) is 13.5. The monoisotopic (exact) mass is 259 g/mol. The van der Waals surface area contributed by atoms with E-state index in [9.17, 15) is 0 Å². The summed E-state index contributed by atoms with van der Waals surface area (Å²) in [6, 6.07) is 10.6. The van der Waals surface area contributed by atoms with E-state index >= 15 is 0 Å². The summed E-state index contributed by atoms with van der Waals surface area (Å²) in [5.74, 6) is 0. The molecule has 0 spiro atoms. The van der Waals surface area contributed by atoms with Crippen LogP contribution in [0.25, 0.3) is 32.8 Å². The first-order valence-corrected chi connectivity index (χ1v) is 6.56. The van der Waals surface area contributed by atoms with Crippen LogP contribution in [0.15, 0.2) is 61.3 Å². The first kappa shape index (κ1) is 11.2. The van der Waals surface area contributed by atoms with Gasteiger partial charge in [-0.3, -0.25) is 9.97 Å². The van der Waals surface area contributed by atoms with Gasteiger partial charge in [0.15, 0.2) is 0 Å². The molecule has 0 saturated carbocycles. The Bertz CT molecular complexity index is 922. The highest BCUT2D eigenvalue weighted by Gasteiger charge is 2.08. The van der Waals surface area contributed by atoms with E-state index in [4.69, 9.17) is 0 Å². The summed E-state index contributed by atoms with van der Waals surface area (Å²) in [6.45, 7) is 0. The van der Waals surface area contributed by atoms with Crippen LogP contribution in [-0.2, 0) is 7.05 Å². The third kappa shape index (κ3) is 1.60. The van der Waals surface area contributed by atoms with E-state index in [-0.39, 0.29) is 0 Å². The molecule has 0 amide bonds. The molecule has 1 aromatic carbocycles. The molecule has 0 fully saturated rings. The van der Waals surface area contributed by atoms with Gasteiger partial charge in [-0.05, 0) is 29.1 Å². The summed E-state index contributed by atoms with van der Waals surface area (Å²) in [6.07, 6.45) is 9.64. The Morgan fingerprint density at radius 3 is 2.70 bits per heavy atom. The first-order valence-electron chi connectivity index (χ1n) is 6.56. The van der Waals surface area contributed by atoms with E-state index in [0.717, 1.165) is 10.9 Å². The second-order valence-corrected chi connectivity index (χ2v) is 4.98. The fourth-order valence-corrected chi connectivity index (χ4v) is 2.71. The maximum absolute atomic E-state index is 4.20. The number of rotatable bonds is 1. The summed E-state index contributed by atoms with van der Waals surface area (Å²) in [7, 11) is 2.05. The molecule has 96 valence electrons. The van der Waals surface area contributed by atoms with Crippen molar-refractivity contribution in [3.05, 3.63) is 61.3 Å². The van der Waals surface area contributed by atoms with Gasteiger partial charge in [0.2, 0.25) is 0 Å². The lowest BCUT2D eigenvalue weighted by Gasteiger charge is -2.02. The third-order valence-corrected chi connectivity index (χ3v) is 3.74. The molecule has 0 aliphatic heterocycles. The third-order valence-electron chi connectivity index (χ3n) is 3.74. The normalized spacial score (nSPS) is 11.2. The molecule has 4 aromatic rings. The molecule has 0 atom stereocenters. The lowest BCUT2D eigenvalue weighted by atomic mass is 10.0. The van der Waals surface area contributed by atoms with Crippen LogP contribution in [-0.4, -0.2) is 14.5 Å². The molecule has 3 heteroatoms. The maximum atomic E-state index is 4.20. The van der Waals surface area contributed by atoms with Crippen LogP contribution in [0.5, 0.6) is 0 Å². The van der Waals surface area contributed by atoms with E-state index in [1.54, 1.807) is 0 Å². The van der Waals surface area contributed by atoms with Gasteiger partial charge in [0, 0.05) is 48.2 Å². The number of hydrogen-bond donors (Lipinski definition) is 0. The van der Waals surface area contributed by atoms with Crippen LogP contribution < -0.4 is 0 Å². The number of benzene rings is 1. The van der Waals surface area contributed by atoms with Gasteiger partial charge in [-0.25, -0.2) is 0 Å². The number of fused-ring (bicyclic) bond motifs is 2. The zero-order valence-corrected chi connectivity index (χ0v) is 11.1. The summed E-state index contributed by atoms with van der Waals surface area (Å²) < 4.78 is 2.12. The molecule has 0 bridgehead atoms. The number of aromatic nitrogens is 3. The van der Waals surface area contributed by atoms with Gasteiger partial charge in [0.25, 0.3) is 0 Å². The molecule has 3 aromatic heterocycles. The number of aryl methyl sites for hydroxylation is 1. The summed E-state index contributed by atoms with van der Waals surface area (Å²) in [4.78, 5) is 8.40. The van der Waals surface area contributed by atoms with Gasteiger partial charge in [-0.15, -0.1) is 0 Å². The molecule has 0 aliphatic carbocycles. The largest absolute Gasteiger partial charge is 0.349 e. The van der Waals surface area contributed by atoms with Crippen molar-refractivity contribution in [2.45, 2.75) is 0 Å². The topological polar surface area (TPSA) is 30.7 Å². The van der Waals surface area contributed by atoms with E-state index in [1.165, 1.54) is 21.9 Å². The molecule has 0 saturated heterocycles. The Balaban J connectivity index is 2.01. The Hall–Kier alpha value is -2.68. The Kier molecular flexibility index (Phi) is 2.33. The lowest BCUT2D eigenvalue weighted by Crippen LogP contribution is -1.83. The summed E-state index contributed by atoms with van der Waals surface area (Å²) in [5, 5.41) is 3.60. The Morgan fingerprint density at radius 1 is 0.900 bits per heavy atom. The van der Waals surface area contributed by atoms with Crippen LogP contribution in [0.3, 0.4) is 0 Å². The number of nitrogens with zero attached hydrogens (tertiary/aromatic N) is 3. The van der Waals surface area contributed by atoms with Gasteiger partial charge >= 0.3 is 0 Å². The quantitative estimate of drug-likeness (QED) is 0.520. The fraction of sp³-hybridized carbons (Fsp3) is 0.0588. The van der Waals surface area contributed by atoms with Crippen molar-refractivity contribution in [1.82, 2.24) is 14.5 Å². The Morgan fingerprint density at radius 2 is 1.75 bits per heavy atom. The van der Waals surface area contributed by atoms with Gasteiger partial charge in [0.1, 0.15) is 0 Å². The van der Waals surface area contributed by atoms with Crippen molar-refractivity contribution >= 4 is 21.7 Å². The molecule has 3 heterocycles. The van der Waals surface area contributed by atoms with E-state index in [0.29, 0.717) is 0 Å². The highest BCUT2D eigenvalue weighted by Crippen LogP contribution is 2.31. The standard InChI is InChI=1S/C17H13N3/c1-20-11-16(15-5-7-19-10-17(15)20)13-3-2-12-4-6-18-9-14(12)8-13/h2-11H,1H3. The lowest BCUT2D eigenvalue weighted by molar-refractivity contribution is 0.966. The summed E-state index contributed by atoms with van der Waals surface area (Å²) in [5.41, 5.74) is 3.59. The highest BCUT2D eigenvalue weighted by atomic mass is 14.9. The minimum atomic E-state index is 1.15. The molecule has 0 N–H and O–H groups in total. The van der Waals surface area contributed by atoms with Crippen molar-refractivity contribution in [2.75, 3.05) is 0 Å². The van der Waals surface area contributed by atoms with Crippen molar-refractivity contribution < 1.29 is 0 Å². The number of hydrogen-bond acceptors (Lipinski definition) is 2. The predicted octanol–water partition coefficient (Wildman–Crippen LogP) is 3.79. The van der Waals surface area contributed by atoms with Gasteiger partial charge in [0.05, 0.1) is 11.7 Å². The van der Waals surface area contributed by atoms with Gasteiger partial charge < -0.3 is 4.57 Å². The van der Waals surface area contributed by atoms with Gasteiger partial charge in [-0.1, -0.05) is 12.1 Å². The predicted molar refractivity (Wildman–Crippen MR) is 81.5 cm³/mol. The average Bonchev–Trinajstić information content (AvgIpc) is 2.85. The highest BCUT2D eigenvalue weighted by molar-refractivity contribution is 5.98. The van der Waals surface area contributed by atoms with Crippen LogP contribution in [0.2, 0.25) is 0 Å². The maximum Gasteiger partial charge on any atom is 0.0670 e. The van der Waals surface area contributed by atoms with Gasteiger partial charge in [-0.2, -0.15) is 0 Å². The van der Waals surface area contributed by atoms with E-state index in [2.05, 4.69) is 52.0 Å². The van der Waals surface area contributed by atoms with E-state index in [1.807, 2.05) is 30.9 Å². The molecule has 3 nitrogen and oxygen atoms in total. The van der Waals surface area contributed by atoms with Crippen LogP contribution in [0.1, 0.15) is 0 Å². The zero-order valence-electron chi connectivity index (χ0n) is 11.1. The molecule has 0 radical (unpaired) electrons. The molecular weight excluding hydrogens is 246 g/mol. The molecule has 20 heavy (non-hydrogen) atoms. The van der Waals surface area contributed by atoms with Crippen LogP contribution in [0.4, 0.5) is 0 Å². The minimum Gasteiger partial charge on any atom is -0.349 e. The number of pyridine rings is 2. The van der Waals surface area contributed by atoms with Crippen LogP contribution in [0, 0.1) is 0 Å². The molecule has 0 aliphatic rings.